The second kappa shape index (κ2) is 8.87. The first-order valence-corrected chi connectivity index (χ1v) is 9.77. The number of rotatable bonds is 6. The molecular formula is C22H22F4N4O. The van der Waals surface area contributed by atoms with E-state index in [1.807, 2.05) is 20.8 Å². The Labute approximate surface area is 177 Å². The Balaban J connectivity index is 1.94. The van der Waals surface area contributed by atoms with Crippen molar-refractivity contribution in [1.82, 2.24) is 19.7 Å². The van der Waals surface area contributed by atoms with Crippen LogP contribution in [0.1, 0.15) is 53.9 Å². The number of alkyl halides is 3. The average Bonchev–Trinajstić information content (AvgIpc) is 3.16. The monoisotopic (exact) mass is 434 g/mol. The third-order valence-corrected chi connectivity index (χ3v) is 4.81. The van der Waals surface area contributed by atoms with Crippen LogP contribution in [-0.4, -0.2) is 32.1 Å². The molecule has 0 saturated carbocycles. The van der Waals surface area contributed by atoms with Gasteiger partial charge in [0.15, 0.2) is 5.82 Å². The number of hydrogen-bond acceptors (Lipinski definition) is 3. The molecule has 2 aromatic heterocycles. The molecule has 0 radical (unpaired) electrons. The maximum Gasteiger partial charge on any atom is 0.417 e. The summed E-state index contributed by atoms with van der Waals surface area (Å²) in [4.78, 5) is 18.7. The van der Waals surface area contributed by atoms with Gasteiger partial charge in [-0.05, 0) is 42.7 Å². The van der Waals surface area contributed by atoms with Crippen molar-refractivity contribution in [3.8, 4) is 5.82 Å². The molecule has 0 spiro atoms. The summed E-state index contributed by atoms with van der Waals surface area (Å²) < 4.78 is 53.4. The first-order chi connectivity index (χ1) is 14.6. The van der Waals surface area contributed by atoms with Crippen molar-refractivity contribution in [2.24, 2.45) is 0 Å². The fourth-order valence-corrected chi connectivity index (χ4v) is 3.29. The number of carbonyl (C=O) groups excluding carboxylic acids is 1. The van der Waals surface area contributed by atoms with Gasteiger partial charge in [-0.2, -0.15) is 18.3 Å². The van der Waals surface area contributed by atoms with Crippen LogP contribution in [0.15, 0.2) is 48.8 Å². The molecule has 2 heterocycles. The van der Waals surface area contributed by atoms with Crippen molar-refractivity contribution in [2.45, 2.75) is 39.4 Å². The van der Waals surface area contributed by atoms with Crippen LogP contribution in [0.5, 0.6) is 0 Å². The fraction of sp³-hybridized carbons (Fsp3) is 0.318. The van der Waals surface area contributed by atoms with Crippen molar-refractivity contribution < 1.29 is 22.4 Å². The zero-order valence-electron chi connectivity index (χ0n) is 17.3. The van der Waals surface area contributed by atoms with Gasteiger partial charge < -0.3 is 4.90 Å². The molecule has 0 saturated heterocycles. The summed E-state index contributed by atoms with van der Waals surface area (Å²) in [6.07, 6.45) is -2.35. The molecule has 0 atom stereocenters. The second-order valence-corrected chi connectivity index (χ2v) is 7.36. The average molecular weight is 434 g/mol. The van der Waals surface area contributed by atoms with Crippen LogP contribution >= 0.6 is 0 Å². The van der Waals surface area contributed by atoms with E-state index >= 15 is 0 Å². The smallest absolute Gasteiger partial charge is 0.334 e. The number of amides is 1. The maximum atomic E-state index is 13.5. The standard InChI is InChI=1S/C22H22F4N4O/c1-4-29(13-15-6-5-7-17(23)10-15)21(31)18-12-28-30(20(18)14(2)3)19-9-8-16(11-27-19)22(24,25)26/h5-12,14H,4,13H2,1-3H3. The summed E-state index contributed by atoms with van der Waals surface area (Å²) in [5, 5.41) is 4.22. The molecule has 0 fully saturated rings. The molecule has 0 N–H and O–H groups in total. The van der Waals surface area contributed by atoms with E-state index in [1.165, 1.54) is 29.1 Å². The van der Waals surface area contributed by atoms with Gasteiger partial charge in [0.2, 0.25) is 0 Å². The Morgan fingerprint density at radius 3 is 2.45 bits per heavy atom. The molecule has 0 aliphatic rings. The highest BCUT2D eigenvalue weighted by Gasteiger charge is 2.31. The SMILES string of the molecule is CCN(Cc1cccc(F)c1)C(=O)c1cnn(-c2ccc(C(F)(F)F)cn2)c1C(C)C. The molecule has 0 aliphatic heterocycles. The van der Waals surface area contributed by atoms with E-state index in [0.29, 0.717) is 23.4 Å². The van der Waals surface area contributed by atoms with Gasteiger partial charge in [-0.15, -0.1) is 0 Å². The lowest BCUT2D eigenvalue weighted by atomic mass is 10.0. The molecule has 31 heavy (non-hydrogen) atoms. The highest BCUT2D eigenvalue weighted by Crippen LogP contribution is 2.30. The van der Waals surface area contributed by atoms with Crippen LogP contribution in [0.25, 0.3) is 5.82 Å². The first-order valence-electron chi connectivity index (χ1n) is 9.77. The molecular weight excluding hydrogens is 412 g/mol. The number of hydrogen-bond donors (Lipinski definition) is 0. The number of aromatic nitrogens is 3. The minimum Gasteiger partial charge on any atom is -0.334 e. The van der Waals surface area contributed by atoms with Crippen molar-refractivity contribution >= 4 is 5.91 Å². The molecule has 5 nitrogen and oxygen atoms in total. The van der Waals surface area contributed by atoms with Gasteiger partial charge >= 0.3 is 6.18 Å². The fourth-order valence-electron chi connectivity index (χ4n) is 3.29. The second-order valence-electron chi connectivity index (χ2n) is 7.36. The highest BCUT2D eigenvalue weighted by molar-refractivity contribution is 5.95. The quantitative estimate of drug-likeness (QED) is 0.501. The summed E-state index contributed by atoms with van der Waals surface area (Å²) in [6.45, 7) is 6.13. The van der Waals surface area contributed by atoms with E-state index in [9.17, 15) is 22.4 Å². The number of halogens is 4. The first kappa shape index (κ1) is 22.5. The number of pyridine rings is 1. The molecule has 3 rings (SSSR count). The maximum absolute atomic E-state index is 13.5. The van der Waals surface area contributed by atoms with E-state index in [4.69, 9.17) is 0 Å². The van der Waals surface area contributed by atoms with Gasteiger partial charge in [-0.1, -0.05) is 26.0 Å². The Morgan fingerprint density at radius 1 is 1.16 bits per heavy atom. The van der Waals surface area contributed by atoms with Gasteiger partial charge in [0.1, 0.15) is 5.82 Å². The Kier molecular flexibility index (Phi) is 6.42. The predicted molar refractivity (Wildman–Crippen MR) is 107 cm³/mol. The zero-order chi connectivity index (χ0) is 22.8. The van der Waals surface area contributed by atoms with Crippen molar-refractivity contribution in [2.75, 3.05) is 6.54 Å². The number of carbonyl (C=O) groups is 1. The largest absolute Gasteiger partial charge is 0.417 e. The Bertz CT molecular complexity index is 1060. The van der Waals surface area contributed by atoms with Crippen LogP contribution in [0.4, 0.5) is 17.6 Å². The lowest BCUT2D eigenvalue weighted by Crippen LogP contribution is -2.31. The molecule has 0 bridgehead atoms. The molecule has 3 aromatic rings. The number of nitrogens with zero attached hydrogens (tertiary/aromatic N) is 4. The summed E-state index contributed by atoms with van der Waals surface area (Å²) in [5.41, 5.74) is 0.654. The van der Waals surface area contributed by atoms with Crippen LogP contribution in [0, 0.1) is 5.82 Å². The van der Waals surface area contributed by atoms with Gasteiger partial charge in [0.05, 0.1) is 23.0 Å². The van der Waals surface area contributed by atoms with Gasteiger partial charge in [0.25, 0.3) is 5.91 Å². The molecule has 9 heteroatoms. The Hall–Kier alpha value is -3.23. The van der Waals surface area contributed by atoms with Crippen LogP contribution in [0.2, 0.25) is 0 Å². The minimum atomic E-state index is -4.49. The summed E-state index contributed by atoms with van der Waals surface area (Å²) >= 11 is 0. The Morgan fingerprint density at radius 2 is 1.90 bits per heavy atom. The van der Waals surface area contributed by atoms with Crippen LogP contribution < -0.4 is 0 Å². The van der Waals surface area contributed by atoms with Gasteiger partial charge in [0, 0.05) is 19.3 Å². The molecule has 1 amide bonds. The number of benzene rings is 1. The van der Waals surface area contributed by atoms with Crippen LogP contribution in [0.3, 0.4) is 0 Å². The zero-order valence-corrected chi connectivity index (χ0v) is 17.3. The third kappa shape index (κ3) is 4.92. The van der Waals surface area contributed by atoms with E-state index in [2.05, 4.69) is 10.1 Å². The molecule has 1 aromatic carbocycles. The summed E-state index contributed by atoms with van der Waals surface area (Å²) in [6, 6.07) is 8.17. The van der Waals surface area contributed by atoms with Crippen LogP contribution in [-0.2, 0) is 12.7 Å². The molecule has 164 valence electrons. The minimum absolute atomic E-state index is 0.154. The topological polar surface area (TPSA) is 51.0 Å². The van der Waals surface area contributed by atoms with Crippen molar-refractivity contribution in [3.63, 3.8) is 0 Å². The van der Waals surface area contributed by atoms with Crippen molar-refractivity contribution in [1.29, 1.82) is 0 Å². The molecule has 0 unspecified atom stereocenters. The highest BCUT2D eigenvalue weighted by atomic mass is 19.4. The van der Waals surface area contributed by atoms with E-state index in [-0.39, 0.29) is 30.0 Å². The van der Waals surface area contributed by atoms with Gasteiger partial charge in [-0.3, -0.25) is 4.79 Å². The van der Waals surface area contributed by atoms with E-state index in [0.717, 1.165) is 12.3 Å². The van der Waals surface area contributed by atoms with Crippen molar-refractivity contribution in [3.05, 3.63) is 77.0 Å². The summed E-state index contributed by atoms with van der Waals surface area (Å²) in [7, 11) is 0. The molecule has 0 aliphatic carbocycles. The predicted octanol–water partition coefficient (Wildman–Crippen LogP) is 5.21. The lowest BCUT2D eigenvalue weighted by molar-refractivity contribution is -0.137. The third-order valence-electron chi connectivity index (χ3n) is 4.81. The van der Waals surface area contributed by atoms with E-state index < -0.39 is 11.7 Å². The van der Waals surface area contributed by atoms with Gasteiger partial charge in [-0.25, -0.2) is 14.1 Å². The lowest BCUT2D eigenvalue weighted by Gasteiger charge is -2.22. The van der Waals surface area contributed by atoms with E-state index in [1.54, 1.807) is 17.0 Å². The normalized spacial score (nSPS) is 11.7. The summed E-state index contributed by atoms with van der Waals surface area (Å²) in [5.74, 6) is -0.652.